The van der Waals surface area contributed by atoms with Crippen LogP contribution in [-0.2, 0) is 13.0 Å². The van der Waals surface area contributed by atoms with Gasteiger partial charge in [-0.05, 0) is 30.2 Å². The van der Waals surface area contributed by atoms with Crippen molar-refractivity contribution in [2.45, 2.75) is 19.9 Å². The second-order valence-electron chi connectivity index (χ2n) is 5.11. The molecule has 110 valence electrons. The number of hydrogen-bond donors (Lipinski definition) is 1. The first-order valence-corrected chi connectivity index (χ1v) is 7.27. The van der Waals surface area contributed by atoms with Crippen LogP contribution in [0.3, 0.4) is 0 Å². The fourth-order valence-corrected chi connectivity index (χ4v) is 2.69. The summed E-state index contributed by atoms with van der Waals surface area (Å²) in [5, 5.41) is 3.32. The number of nitrogens with one attached hydrogen (secondary N) is 1. The van der Waals surface area contributed by atoms with Gasteiger partial charge in [-0.15, -0.1) is 0 Å². The van der Waals surface area contributed by atoms with Crippen molar-refractivity contribution < 1.29 is 4.74 Å². The van der Waals surface area contributed by atoms with Crippen molar-refractivity contribution in [2.24, 2.45) is 0 Å². The fourth-order valence-electron chi connectivity index (χ4n) is 2.69. The van der Waals surface area contributed by atoms with E-state index in [-0.39, 0.29) is 0 Å². The number of likely N-dealkylation sites (N-methyl/N-ethyl adjacent to an activating group) is 1. The second kappa shape index (κ2) is 6.10. The molecular formula is C16H20N4O. The summed E-state index contributed by atoms with van der Waals surface area (Å²) in [5.41, 5.74) is 3.85. The first-order valence-electron chi connectivity index (χ1n) is 7.27. The highest BCUT2D eigenvalue weighted by atomic mass is 16.5. The van der Waals surface area contributed by atoms with Crippen LogP contribution < -0.4 is 10.1 Å². The molecule has 5 nitrogen and oxygen atoms in total. The van der Waals surface area contributed by atoms with Gasteiger partial charge in [-0.25, -0.2) is 4.98 Å². The van der Waals surface area contributed by atoms with E-state index in [0.717, 1.165) is 31.7 Å². The van der Waals surface area contributed by atoms with Gasteiger partial charge in [0, 0.05) is 31.0 Å². The molecule has 0 saturated carbocycles. The van der Waals surface area contributed by atoms with E-state index >= 15 is 0 Å². The standard InChI is InChI=1S/C16H20N4O/c1-3-20-10-8-13-12(11-20)5-4-6-14(13)18-16-17-9-7-15(19-16)21-2/h4-7,9H,3,8,10-11H2,1-2H3,(H,17,18,19). The molecule has 0 unspecified atom stereocenters. The lowest BCUT2D eigenvalue weighted by Gasteiger charge is -2.29. The number of hydrogen-bond acceptors (Lipinski definition) is 5. The predicted molar refractivity (Wildman–Crippen MR) is 83.0 cm³/mol. The van der Waals surface area contributed by atoms with Crippen molar-refractivity contribution in [1.82, 2.24) is 14.9 Å². The molecule has 1 aliphatic rings. The molecule has 0 saturated heterocycles. The number of ether oxygens (including phenoxy) is 1. The maximum atomic E-state index is 5.14. The van der Waals surface area contributed by atoms with Gasteiger partial charge in [0.2, 0.25) is 11.8 Å². The van der Waals surface area contributed by atoms with Crippen LogP contribution in [0, 0.1) is 0 Å². The normalized spacial score (nSPS) is 14.6. The Morgan fingerprint density at radius 1 is 1.33 bits per heavy atom. The van der Waals surface area contributed by atoms with Gasteiger partial charge >= 0.3 is 0 Å². The third-order valence-electron chi connectivity index (χ3n) is 3.88. The lowest BCUT2D eigenvalue weighted by Crippen LogP contribution is -2.30. The smallest absolute Gasteiger partial charge is 0.230 e. The van der Waals surface area contributed by atoms with Gasteiger partial charge in [0.1, 0.15) is 0 Å². The minimum atomic E-state index is 0.564. The summed E-state index contributed by atoms with van der Waals surface area (Å²) in [7, 11) is 1.61. The van der Waals surface area contributed by atoms with Crippen molar-refractivity contribution in [3.8, 4) is 5.88 Å². The van der Waals surface area contributed by atoms with E-state index in [1.807, 2.05) is 0 Å². The molecule has 3 rings (SSSR count). The number of nitrogens with zero attached hydrogens (tertiary/aromatic N) is 3. The molecule has 5 heteroatoms. The van der Waals surface area contributed by atoms with Crippen LogP contribution in [0.25, 0.3) is 0 Å². The molecule has 1 N–H and O–H groups in total. The highest BCUT2D eigenvalue weighted by Crippen LogP contribution is 2.27. The Kier molecular flexibility index (Phi) is 4.01. The number of anilines is 2. The summed E-state index contributed by atoms with van der Waals surface area (Å²) in [6, 6.07) is 8.11. The van der Waals surface area contributed by atoms with Crippen molar-refractivity contribution in [3.63, 3.8) is 0 Å². The molecule has 0 aliphatic carbocycles. The Balaban J connectivity index is 1.86. The van der Waals surface area contributed by atoms with Crippen molar-refractivity contribution in [2.75, 3.05) is 25.5 Å². The number of rotatable bonds is 4. The summed E-state index contributed by atoms with van der Waals surface area (Å²) in [5.74, 6) is 1.13. The molecule has 0 fully saturated rings. The summed E-state index contributed by atoms with van der Waals surface area (Å²) in [6.45, 7) is 5.41. The number of methoxy groups -OCH3 is 1. The monoisotopic (exact) mass is 284 g/mol. The maximum absolute atomic E-state index is 5.14. The van der Waals surface area contributed by atoms with Gasteiger partial charge in [-0.1, -0.05) is 19.1 Å². The molecule has 0 spiro atoms. The van der Waals surface area contributed by atoms with Gasteiger partial charge in [0.25, 0.3) is 0 Å². The summed E-state index contributed by atoms with van der Waals surface area (Å²) in [4.78, 5) is 11.0. The minimum Gasteiger partial charge on any atom is -0.481 e. The Morgan fingerprint density at radius 2 is 2.24 bits per heavy atom. The minimum absolute atomic E-state index is 0.564. The molecule has 0 bridgehead atoms. The van der Waals surface area contributed by atoms with Crippen molar-refractivity contribution >= 4 is 11.6 Å². The maximum Gasteiger partial charge on any atom is 0.230 e. The summed E-state index contributed by atoms with van der Waals surface area (Å²) < 4.78 is 5.14. The fraction of sp³-hybridized carbons (Fsp3) is 0.375. The Hall–Kier alpha value is -2.14. The van der Waals surface area contributed by atoms with Crippen LogP contribution in [0.15, 0.2) is 30.5 Å². The lowest BCUT2D eigenvalue weighted by molar-refractivity contribution is 0.268. The average Bonchev–Trinajstić information content (AvgIpc) is 2.55. The Morgan fingerprint density at radius 3 is 3.05 bits per heavy atom. The van der Waals surface area contributed by atoms with Crippen LogP contribution in [0.1, 0.15) is 18.1 Å². The van der Waals surface area contributed by atoms with E-state index < -0.39 is 0 Å². The molecule has 2 aromatic rings. The highest BCUT2D eigenvalue weighted by molar-refractivity contribution is 5.61. The van der Waals surface area contributed by atoms with Crippen molar-refractivity contribution in [1.29, 1.82) is 0 Å². The zero-order chi connectivity index (χ0) is 14.7. The van der Waals surface area contributed by atoms with Crippen LogP contribution in [0.2, 0.25) is 0 Å². The van der Waals surface area contributed by atoms with E-state index in [1.165, 1.54) is 11.1 Å². The van der Waals surface area contributed by atoms with Gasteiger partial charge < -0.3 is 10.1 Å². The van der Waals surface area contributed by atoms with Gasteiger partial charge in [-0.3, -0.25) is 4.90 Å². The molecule has 1 aromatic carbocycles. The quantitative estimate of drug-likeness (QED) is 0.935. The lowest BCUT2D eigenvalue weighted by atomic mass is 9.98. The molecule has 2 heterocycles. The van der Waals surface area contributed by atoms with Crippen LogP contribution in [0.4, 0.5) is 11.6 Å². The summed E-state index contributed by atoms with van der Waals surface area (Å²) >= 11 is 0. The van der Waals surface area contributed by atoms with E-state index in [0.29, 0.717) is 11.8 Å². The molecule has 0 amide bonds. The second-order valence-corrected chi connectivity index (χ2v) is 5.11. The van der Waals surface area contributed by atoms with E-state index in [4.69, 9.17) is 4.74 Å². The molecule has 21 heavy (non-hydrogen) atoms. The number of aromatic nitrogens is 2. The van der Waals surface area contributed by atoms with E-state index in [1.54, 1.807) is 19.4 Å². The van der Waals surface area contributed by atoms with Gasteiger partial charge in [0.05, 0.1) is 7.11 Å². The SMILES string of the molecule is CCN1CCc2c(cccc2Nc2nccc(OC)n2)C1. The first-order chi connectivity index (χ1) is 10.3. The van der Waals surface area contributed by atoms with Gasteiger partial charge in [-0.2, -0.15) is 4.98 Å². The molecule has 0 atom stereocenters. The van der Waals surface area contributed by atoms with Crippen LogP contribution in [-0.4, -0.2) is 35.1 Å². The molecule has 0 radical (unpaired) electrons. The average molecular weight is 284 g/mol. The molecular weight excluding hydrogens is 264 g/mol. The number of benzene rings is 1. The third kappa shape index (κ3) is 2.97. The number of fused-ring (bicyclic) bond motifs is 1. The molecule has 1 aliphatic heterocycles. The zero-order valence-corrected chi connectivity index (χ0v) is 12.5. The topological polar surface area (TPSA) is 50.3 Å². The third-order valence-corrected chi connectivity index (χ3v) is 3.88. The van der Waals surface area contributed by atoms with Crippen molar-refractivity contribution in [3.05, 3.63) is 41.6 Å². The molecule has 1 aromatic heterocycles. The largest absolute Gasteiger partial charge is 0.481 e. The van der Waals surface area contributed by atoms with E-state index in [2.05, 4.69) is 45.3 Å². The zero-order valence-electron chi connectivity index (χ0n) is 12.5. The summed E-state index contributed by atoms with van der Waals surface area (Å²) in [6.07, 6.45) is 2.75. The Bertz CT molecular complexity index is 629. The Labute approximate surface area is 125 Å². The van der Waals surface area contributed by atoms with E-state index in [9.17, 15) is 0 Å². The van der Waals surface area contributed by atoms with Gasteiger partial charge in [0.15, 0.2) is 0 Å². The van der Waals surface area contributed by atoms with Crippen LogP contribution in [0.5, 0.6) is 5.88 Å². The first kappa shape index (κ1) is 13.8. The van der Waals surface area contributed by atoms with Crippen LogP contribution >= 0.6 is 0 Å². The highest BCUT2D eigenvalue weighted by Gasteiger charge is 2.17. The predicted octanol–water partition coefficient (Wildman–Crippen LogP) is 2.61.